The van der Waals surface area contributed by atoms with Crippen LogP contribution in [0.4, 0.5) is 11.4 Å². The number of ether oxygens (including phenoxy) is 2. The minimum absolute atomic E-state index is 0.246. The van der Waals surface area contributed by atoms with Crippen molar-refractivity contribution in [2.45, 2.75) is 6.92 Å². The molecule has 1 amide bonds. The Balaban J connectivity index is 2.15. The molecule has 2 rings (SSSR count). The van der Waals surface area contributed by atoms with E-state index in [1.165, 1.54) is 0 Å². The second kappa shape index (κ2) is 6.65. The Kier molecular flexibility index (Phi) is 4.66. The van der Waals surface area contributed by atoms with Gasteiger partial charge in [-0.15, -0.1) is 0 Å². The molecule has 0 bridgehead atoms. The lowest BCUT2D eigenvalue weighted by Gasteiger charge is -2.11. The van der Waals surface area contributed by atoms with Gasteiger partial charge in [0.1, 0.15) is 11.5 Å². The second-order valence-electron chi connectivity index (χ2n) is 4.37. The van der Waals surface area contributed by atoms with Crippen LogP contribution in [0.1, 0.15) is 17.3 Å². The first-order valence-corrected chi connectivity index (χ1v) is 6.61. The first kappa shape index (κ1) is 14.7. The Hall–Kier alpha value is -2.69. The lowest BCUT2D eigenvalue weighted by atomic mass is 10.2. The Morgan fingerprint density at radius 2 is 2.00 bits per heavy atom. The van der Waals surface area contributed by atoms with Crippen LogP contribution in [-0.4, -0.2) is 19.6 Å². The van der Waals surface area contributed by atoms with Gasteiger partial charge in [-0.1, -0.05) is 6.07 Å². The number of amides is 1. The molecule has 0 radical (unpaired) electrons. The van der Waals surface area contributed by atoms with Crippen molar-refractivity contribution in [3.63, 3.8) is 0 Å². The fourth-order valence-corrected chi connectivity index (χ4v) is 1.87. The molecule has 0 heterocycles. The fraction of sp³-hybridized carbons (Fsp3) is 0.188. The topological polar surface area (TPSA) is 73.6 Å². The van der Waals surface area contributed by atoms with Crippen molar-refractivity contribution in [3.8, 4) is 11.5 Å². The van der Waals surface area contributed by atoms with E-state index in [4.69, 9.17) is 15.2 Å². The maximum atomic E-state index is 12.2. The van der Waals surface area contributed by atoms with Gasteiger partial charge in [0, 0.05) is 11.6 Å². The quantitative estimate of drug-likeness (QED) is 0.829. The van der Waals surface area contributed by atoms with E-state index in [-0.39, 0.29) is 5.91 Å². The van der Waals surface area contributed by atoms with Crippen LogP contribution in [-0.2, 0) is 0 Å². The Morgan fingerprint density at radius 1 is 1.19 bits per heavy atom. The molecule has 5 heteroatoms. The third-order valence-electron chi connectivity index (χ3n) is 2.91. The predicted molar refractivity (Wildman–Crippen MR) is 83.0 cm³/mol. The number of hydrogen-bond donors (Lipinski definition) is 2. The van der Waals surface area contributed by atoms with Crippen molar-refractivity contribution in [3.05, 3.63) is 48.0 Å². The summed E-state index contributed by atoms with van der Waals surface area (Å²) in [5.74, 6) is 1.06. The minimum Gasteiger partial charge on any atom is -0.497 e. The highest BCUT2D eigenvalue weighted by molar-refractivity contribution is 6.06. The first-order chi connectivity index (χ1) is 10.1. The fourth-order valence-electron chi connectivity index (χ4n) is 1.87. The van der Waals surface area contributed by atoms with E-state index in [0.717, 1.165) is 0 Å². The second-order valence-corrected chi connectivity index (χ2v) is 4.37. The molecular formula is C16H18N2O3. The number of anilines is 2. The normalized spacial score (nSPS) is 10.0. The maximum Gasteiger partial charge on any atom is 0.255 e. The summed E-state index contributed by atoms with van der Waals surface area (Å²) in [6, 6.07) is 12.1. The minimum atomic E-state index is -0.246. The molecule has 2 aromatic carbocycles. The number of rotatable bonds is 5. The van der Waals surface area contributed by atoms with Gasteiger partial charge in [-0.3, -0.25) is 4.79 Å². The molecular weight excluding hydrogens is 268 g/mol. The number of nitrogens with one attached hydrogen (secondary N) is 1. The molecule has 110 valence electrons. The molecule has 5 nitrogen and oxygen atoms in total. The molecule has 3 N–H and O–H groups in total. The van der Waals surface area contributed by atoms with E-state index in [2.05, 4.69) is 5.32 Å². The predicted octanol–water partition coefficient (Wildman–Crippen LogP) is 2.93. The lowest BCUT2D eigenvalue weighted by molar-refractivity contribution is 0.102. The summed E-state index contributed by atoms with van der Waals surface area (Å²) in [5, 5.41) is 2.77. The molecule has 0 saturated carbocycles. The molecule has 0 aliphatic carbocycles. The van der Waals surface area contributed by atoms with E-state index < -0.39 is 0 Å². The van der Waals surface area contributed by atoms with Gasteiger partial charge in [-0.25, -0.2) is 0 Å². The number of nitrogen functional groups attached to an aromatic ring is 1. The number of hydrogen-bond acceptors (Lipinski definition) is 4. The maximum absolute atomic E-state index is 12.2. The molecule has 2 aromatic rings. The van der Waals surface area contributed by atoms with Crippen molar-refractivity contribution in [1.82, 2.24) is 0 Å². The number of methoxy groups -OCH3 is 1. The van der Waals surface area contributed by atoms with E-state index in [1.54, 1.807) is 49.6 Å². The zero-order valence-corrected chi connectivity index (χ0v) is 12.1. The summed E-state index contributed by atoms with van der Waals surface area (Å²) in [4.78, 5) is 12.2. The number of carbonyl (C=O) groups is 1. The van der Waals surface area contributed by atoms with Gasteiger partial charge < -0.3 is 20.5 Å². The van der Waals surface area contributed by atoms with E-state index in [9.17, 15) is 4.79 Å². The average Bonchev–Trinajstić information content (AvgIpc) is 2.50. The van der Waals surface area contributed by atoms with Crippen LogP contribution < -0.4 is 20.5 Å². The van der Waals surface area contributed by atoms with Gasteiger partial charge in [0.05, 0.1) is 25.1 Å². The average molecular weight is 286 g/mol. The smallest absolute Gasteiger partial charge is 0.255 e. The molecule has 0 aromatic heterocycles. The Labute approximate surface area is 123 Å². The van der Waals surface area contributed by atoms with Crippen LogP contribution in [0, 0.1) is 0 Å². The summed E-state index contributed by atoms with van der Waals surface area (Å²) >= 11 is 0. The molecule has 21 heavy (non-hydrogen) atoms. The number of nitrogens with two attached hydrogens (primary N) is 1. The van der Waals surface area contributed by atoms with Gasteiger partial charge in [0.15, 0.2) is 0 Å². The van der Waals surface area contributed by atoms with Crippen molar-refractivity contribution in [1.29, 1.82) is 0 Å². The zero-order chi connectivity index (χ0) is 15.2. The van der Waals surface area contributed by atoms with Gasteiger partial charge in [0.25, 0.3) is 5.91 Å². The van der Waals surface area contributed by atoms with Crippen LogP contribution in [0.15, 0.2) is 42.5 Å². The standard InChI is InChI=1S/C16H18N2O3/c1-3-21-13-7-8-15(14(17)10-13)18-16(19)11-5-4-6-12(9-11)20-2/h4-10H,3,17H2,1-2H3,(H,18,19). The highest BCUT2D eigenvalue weighted by Gasteiger charge is 2.09. The van der Waals surface area contributed by atoms with Crippen molar-refractivity contribution in [2.75, 3.05) is 24.8 Å². The molecule has 0 spiro atoms. The SMILES string of the molecule is CCOc1ccc(NC(=O)c2cccc(OC)c2)c(N)c1. The van der Waals surface area contributed by atoms with Crippen LogP contribution in [0.25, 0.3) is 0 Å². The summed E-state index contributed by atoms with van der Waals surface area (Å²) in [6.07, 6.45) is 0. The first-order valence-electron chi connectivity index (χ1n) is 6.61. The molecule has 0 aliphatic heterocycles. The summed E-state index contributed by atoms with van der Waals surface area (Å²) in [7, 11) is 1.56. The van der Waals surface area contributed by atoms with Crippen molar-refractivity contribution < 1.29 is 14.3 Å². The summed E-state index contributed by atoms with van der Waals surface area (Å²) < 4.78 is 10.5. The van der Waals surface area contributed by atoms with E-state index in [1.807, 2.05) is 6.92 Å². The number of carbonyl (C=O) groups excluding carboxylic acids is 1. The van der Waals surface area contributed by atoms with Crippen molar-refractivity contribution >= 4 is 17.3 Å². The lowest BCUT2D eigenvalue weighted by Crippen LogP contribution is -2.13. The number of benzene rings is 2. The molecule has 0 atom stereocenters. The van der Waals surface area contributed by atoms with Gasteiger partial charge in [-0.05, 0) is 37.3 Å². The molecule has 0 aliphatic rings. The Morgan fingerprint density at radius 3 is 2.67 bits per heavy atom. The Bertz CT molecular complexity index is 641. The van der Waals surface area contributed by atoms with Gasteiger partial charge in [0.2, 0.25) is 0 Å². The molecule has 0 saturated heterocycles. The van der Waals surface area contributed by atoms with Crippen molar-refractivity contribution in [2.24, 2.45) is 0 Å². The zero-order valence-electron chi connectivity index (χ0n) is 12.1. The monoisotopic (exact) mass is 286 g/mol. The summed E-state index contributed by atoms with van der Waals surface area (Å²) in [6.45, 7) is 2.46. The van der Waals surface area contributed by atoms with Gasteiger partial charge >= 0.3 is 0 Å². The van der Waals surface area contributed by atoms with Gasteiger partial charge in [-0.2, -0.15) is 0 Å². The van der Waals surface area contributed by atoms with E-state index >= 15 is 0 Å². The highest BCUT2D eigenvalue weighted by atomic mass is 16.5. The van der Waals surface area contributed by atoms with Crippen LogP contribution in [0.5, 0.6) is 11.5 Å². The molecule has 0 fully saturated rings. The third kappa shape index (κ3) is 3.66. The molecule has 0 unspecified atom stereocenters. The largest absolute Gasteiger partial charge is 0.497 e. The van der Waals surface area contributed by atoms with E-state index in [0.29, 0.717) is 35.0 Å². The van der Waals surface area contributed by atoms with Crippen LogP contribution in [0.2, 0.25) is 0 Å². The third-order valence-corrected chi connectivity index (χ3v) is 2.91. The van der Waals surface area contributed by atoms with Crippen LogP contribution >= 0.6 is 0 Å². The summed E-state index contributed by atoms with van der Waals surface area (Å²) in [5.41, 5.74) is 7.42. The van der Waals surface area contributed by atoms with Crippen LogP contribution in [0.3, 0.4) is 0 Å². The highest BCUT2D eigenvalue weighted by Crippen LogP contribution is 2.25.